The number of hydrogen-bond acceptors (Lipinski definition) is 2. The summed E-state index contributed by atoms with van der Waals surface area (Å²) in [6, 6.07) is 9.03. The Labute approximate surface area is 109 Å². The molecule has 98 valence electrons. The summed E-state index contributed by atoms with van der Waals surface area (Å²) in [7, 11) is 0. The number of aryl methyl sites for hydroxylation is 1. The Kier molecular flexibility index (Phi) is 4.76. The summed E-state index contributed by atoms with van der Waals surface area (Å²) in [5.74, 6) is 0. The molecule has 3 nitrogen and oxygen atoms in total. The van der Waals surface area contributed by atoms with Gasteiger partial charge < -0.3 is 5.32 Å². The summed E-state index contributed by atoms with van der Waals surface area (Å²) in [4.78, 5) is 0. The first-order chi connectivity index (χ1) is 8.81. The number of benzene rings is 1. The van der Waals surface area contributed by atoms with Crippen molar-refractivity contribution in [3.8, 4) is 0 Å². The lowest BCUT2D eigenvalue weighted by Gasteiger charge is -2.11. The first-order valence-corrected chi connectivity index (χ1v) is 6.95. The summed E-state index contributed by atoms with van der Waals surface area (Å²) in [5, 5.41) is 9.13. The third kappa shape index (κ3) is 3.33. The van der Waals surface area contributed by atoms with Crippen molar-refractivity contribution in [2.45, 2.75) is 45.7 Å². The van der Waals surface area contributed by atoms with Crippen molar-refractivity contribution in [3.63, 3.8) is 0 Å². The first kappa shape index (κ1) is 13.1. The van der Waals surface area contributed by atoms with Gasteiger partial charge in [-0.1, -0.05) is 31.5 Å². The number of rotatable bonds is 7. The Balaban J connectivity index is 1.80. The number of nitrogens with zero attached hydrogens (tertiary/aromatic N) is 2. The summed E-state index contributed by atoms with van der Waals surface area (Å²) >= 11 is 0. The van der Waals surface area contributed by atoms with E-state index in [1.54, 1.807) is 0 Å². The van der Waals surface area contributed by atoms with Gasteiger partial charge in [0.05, 0.1) is 11.7 Å². The topological polar surface area (TPSA) is 29.9 Å². The monoisotopic (exact) mass is 245 g/mol. The van der Waals surface area contributed by atoms with Crippen LogP contribution in [0.15, 0.2) is 30.5 Å². The van der Waals surface area contributed by atoms with Crippen LogP contribution in [0.3, 0.4) is 0 Å². The minimum absolute atomic E-state index is 0.629. The van der Waals surface area contributed by atoms with Crippen LogP contribution in [0, 0.1) is 0 Å². The van der Waals surface area contributed by atoms with Crippen LogP contribution in [-0.2, 0) is 6.54 Å². The van der Waals surface area contributed by atoms with E-state index in [1.807, 2.05) is 6.20 Å². The fourth-order valence-corrected chi connectivity index (χ4v) is 2.37. The zero-order valence-corrected chi connectivity index (χ0v) is 11.4. The van der Waals surface area contributed by atoms with E-state index >= 15 is 0 Å². The molecule has 0 aliphatic carbocycles. The zero-order valence-electron chi connectivity index (χ0n) is 11.4. The SMILES string of the molecule is CCNC(C)CCCCn1ncc2ccccc21. The van der Waals surface area contributed by atoms with Crippen LogP contribution in [0.4, 0.5) is 0 Å². The summed E-state index contributed by atoms with van der Waals surface area (Å²) in [5.41, 5.74) is 1.25. The number of aromatic nitrogens is 2. The smallest absolute Gasteiger partial charge is 0.0682 e. The Morgan fingerprint density at radius 3 is 2.94 bits per heavy atom. The molecule has 0 amide bonds. The quantitative estimate of drug-likeness (QED) is 0.759. The highest BCUT2D eigenvalue weighted by Crippen LogP contribution is 2.13. The lowest BCUT2D eigenvalue weighted by atomic mass is 10.1. The van der Waals surface area contributed by atoms with E-state index in [0.717, 1.165) is 13.1 Å². The maximum Gasteiger partial charge on any atom is 0.0682 e. The predicted molar refractivity (Wildman–Crippen MR) is 76.7 cm³/mol. The minimum Gasteiger partial charge on any atom is -0.315 e. The Hall–Kier alpha value is -1.35. The third-order valence-electron chi connectivity index (χ3n) is 3.36. The number of fused-ring (bicyclic) bond motifs is 1. The molecule has 1 aromatic heterocycles. The van der Waals surface area contributed by atoms with Gasteiger partial charge in [-0.15, -0.1) is 0 Å². The maximum atomic E-state index is 4.45. The molecule has 1 atom stereocenters. The van der Waals surface area contributed by atoms with E-state index in [1.165, 1.54) is 30.2 Å². The fourth-order valence-electron chi connectivity index (χ4n) is 2.37. The normalized spacial score (nSPS) is 13.0. The van der Waals surface area contributed by atoms with E-state index in [9.17, 15) is 0 Å². The molecule has 0 aliphatic rings. The molecule has 0 spiro atoms. The first-order valence-electron chi connectivity index (χ1n) is 6.95. The van der Waals surface area contributed by atoms with Crippen molar-refractivity contribution < 1.29 is 0 Å². The van der Waals surface area contributed by atoms with E-state index < -0.39 is 0 Å². The van der Waals surface area contributed by atoms with Crippen molar-refractivity contribution in [2.24, 2.45) is 0 Å². The van der Waals surface area contributed by atoms with Gasteiger partial charge in [0, 0.05) is 18.0 Å². The molecular formula is C15H23N3. The second-order valence-corrected chi connectivity index (χ2v) is 4.88. The lowest BCUT2D eigenvalue weighted by Crippen LogP contribution is -2.25. The summed E-state index contributed by atoms with van der Waals surface area (Å²) in [6.07, 6.45) is 5.65. The molecule has 1 heterocycles. The molecule has 2 aromatic rings. The second-order valence-electron chi connectivity index (χ2n) is 4.88. The third-order valence-corrected chi connectivity index (χ3v) is 3.36. The average Bonchev–Trinajstić information content (AvgIpc) is 2.78. The molecular weight excluding hydrogens is 222 g/mol. The van der Waals surface area contributed by atoms with E-state index in [-0.39, 0.29) is 0 Å². The number of para-hydroxylation sites is 1. The molecule has 1 aromatic carbocycles. The van der Waals surface area contributed by atoms with Gasteiger partial charge in [-0.05, 0) is 32.4 Å². The molecule has 0 bridgehead atoms. The molecule has 0 aliphatic heterocycles. The van der Waals surface area contributed by atoms with Crippen molar-refractivity contribution in [3.05, 3.63) is 30.5 Å². The van der Waals surface area contributed by atoms with Gasteiger partial charge in [-0.2, -0.15) is 5.10 Å². The van der Waals surface area contributed by atoms with Crippen LogP contribution >= 0.6 is 0 Å². The highest BCUT2D eigenvalue weighted by Gasteiger charge is 2.02. The van der Waals surface area contributed by atoms with Crippen LogP contribution < -0.4 is 5.32 Å². The van der Waals surface area contributed by atoms with Gasteiger partial charge in [0.25, 0.3) is 0 Å². The van der Waals surface area contributed by atoms with Gasteiger partial charge in [-0.3, -0.25) is 4.68 Å². The molecule has 2 rings (SSSR count). The molecule has 1 N–H and O–H groups in total. The summed E-state index contributed by atoms with van der Waals surface area (Å²) in [6.45, 7) is 6.50. The molecule has 0 saturated heterocycles. The van der Waals surface area contributed by atoms with Crippen molar-refractivity contribution in [1.82, 2.24) is 15.1 Å². The Morgan fingerprint density at radius 1 is 1.28 bits per heavy atom. The fraction of sp³-hybridized carbons (Fsp3) is 0.533. The molecule has 18 heavy (non-hydrogen) atoms. The summed E-state index contributed by atoms with van der Waals surface area (Å²) < 4.78 is 2.12. The molecule has 1 unspecified atom stereocenters. The minimum atomic E-state index is 0.629. The van der Waals surface area contributed by atoms with E-state index in [4.69, 9.17) is 0 Å². The number of unbranched alkanes of at least 4 members (excludes halogenated alkanes) is 1. The molecule has 0 fully saturated rings. The Bertz CT molecular complexity index is 475. The largest absolute Gasteiger partial charge is 0.315 e. The number of hydrogen-bond donors (Lipinski definition) is 1. The van der Waals surface area contributed by atoms with Crippen LogP contribution in [-0.4, -0.2) is 22.4 Å². The standard InChI is InChI=1S/C15H23N3/c1-3-16-13(2)8-6-7-11-18-15-10-5-4-9-14(15)12-17-18/h4-5,9-10,12-13,16H,3,6-8,11H2,1-2H3. The second kappa shape index (κ2) is 6.55. The van der Waals surface area contributed by atoms with E-state index in [2.05, 4.69) is 53.2 Å². The van der Waals surface area contributed by atoms with Gasteiger partial charge in [0.15, 0.2) is 0 Å². The lowest BCUT2D eigenvalue weighted by molar-refractivity contribution is 0.478. The molecule has 3 heteroatoms. The number of nitrogens with one attached hydrogen (secondary N) is 1. The molecule has 0 radical (unpaired) electrons. The zero-order chi connectivity index (χ0) is 12.8. The predicted octanol–water partition coefficient (Wildman–Crippen LogP) is 3.20. The van der Waals surface area contributed by atoms with Crippen molar-refractivity contribution in [1.29, 1.82) is 0 Å². The van der Waals surface area contributed by atoms with Crippen molar-refractivity contribution in [2.75, 3.05) is 6.54 Å². The van der Waals surface area contributed by atoms with Gasteiger partial charge in [-0.25, -0.2) is 0 Å². The van der Waals surface area contributed by atoms with Crippen LogP contribution in [0.1, 0.15) is 33.1 Å². The highest BCUT2D eigenvalue weighted by atomic mass is 15.3. The Morgan fingerprint density at radius 2 is 2.11 bits per heavy atom. The van der Waals surface area contributed by atoms with Crippen LogP contribution in [0.5, 0.6) is 0 Å². The maximum absolute atomic E-state index is 4.45. The van der Waals surface area contributed by atoms with Gasteiger partial charge in [0.2, 0.25) is 0 Å². The van der Waals surface area contributed by atoms with Crippen LogP contribution in [0.2, 0.25) is 0 Å². The van der Waals surface area contributed by atoms with Crippen molar-refractivity contribution >= 4 is 10.9 Å². The van der Waals surface area contributed by atoms with E-state index in [0.29, 0.717) is 6.04 Å². The van der Waals surface area contributed by atoms with Crippen LogP contribution in [0.25, 0.3) is 10.9 Å². The van der Waals surface area contributed by atoms with Gasteiger partial charge in [0.1, 0.15) is 0 Å². The molecule has 0 saturated carbocycles. The average molecular weight is 245 g/mol. The highest BCUT2D eigenvalue weighted by molar-refractivity contribution is 5.78. The van der Waals surface area contributed by atoms with Gasteiger partial charge >= 0.3 is 0 Å².